The van der Waals surface area contributed by atoms with Crippen molar-refractivity contribution in [2.24, 2.45) is 0 Å². The SMILES string of the molecule is Cc1cccc(C=Cc2cc(=O)n3c(ccn3-c3cccnc3)n2)n1. The molecule has 0 aliphatic rings. The lowest BCUT2D eigenvalue weighted by molar-refractivity contribution is 0.760. The van der Waals surface area contributed by atoms with Crippen LogP contribution in [-0.4, -0.2) is 24.1 Å². The van der Waals surface area contributed by atoms with E-state index in [0.717, 1.165) is 17.1 Å². The molecule has 122 valence electrons. The number of hydrogen-bond donors (Lipinski definition) is 0. The minimum absolute atomic E-state index is 0.157. The van der Waals surface area contributed by atoms with E-state index < -0.39 is 0 Å². The first-order valence-corrected chi connectivity index (χ1v) is 7.84. The Balaban J connectivity index is 1.75. The highest BCUT2D eigenvalue weighted by Crippen LogP contribution is 2.10. The summed E-state index contributed by atoms with van der Waals surface area (Å²) in [5.74, 6) is 0. The van der Waals surface area contributed by atoms with Crippen LogP contribution in [0.15, 0.2) is 65.8 Å². The van der Waals surface area contributed by atoms with Gasteiger partial charge in [0.2, 0.25) is 0 Å². The number of fused-ring (bicyclic) bond motifs is 1. The maximum absolute atomic E-state index is 12.6. The van der Waals surface area contributed by atoms with Crippen LogP contribution in [0.4, 0.5) is 0 Å². The zero-order valence-electron chi connectivity index (χ0n) is 13.6. The molecule has 0 N–H and O–H groups in total. The number of pyridine rings is 2. The number of aromatic nitrogens is 5. The van der Waals surface area contributed by atoms with Gasteiger partial charge in [-0.05, 0) is 43.3 Å². The zero-order valence-corrected chi connectivity index (χ0v) is 13.6. The van der Waals surface area contributed by atoms with Crippen molar-refractivity contribution in [1.29, 1.82) is 0 Å². The molecule has 0 aromatic carbocycles. The van der Waals surface area contributed by atoms with Gasteiger partial charge < -0.3 is 0 Å². The van der Waals surface area contributed by atoms with Crippen LogP contribution in [0.1, 0.15) is 17.1 Å². The van der Waals surface area contributed by atoms with Crippen LogP contribution in [0.2, 0.25) is 0 Å². The molecule has 4 heterocycles. The molecule has 25 heavy (non-hydrogen) atoms. The molecule has 6 nitrogen and oxygen atoms in total. The largest absolute Gasteiger partial charge is 0.273 e. The van der Waals surface area contributed by atoms with Crippen LogP contribution >= 0.6 is 0 Å². The molecule has 0 bridgehead atoms. The highest BCUT2D eigenvalue weighted by atomic mass is 16.1. The van der Waals surface area contributed by atoms with Crippen LogP contribution in [0.5, 0.6) is 0 Å². The van der Waals surface area contributed by atoms with Crippen molar-refractivity contribution in [2.45, 2.75) is 6.92 Å². The average molecular weight is 329 g/mol. The van der Waals surface area contributed by atoms with E-state index in [9.17, 15) is 4.79 Å². The van der Waals surface area contributed by atoms with Crippen LogP contribution in [0.3, 0.4) is 0 Å². The van der Waals surface area contributed by atoms with E-state index in [1.807, 2.05) is 43.3 Å². The first-order valence-electron chi connectivity index (χ1n) is 7.84. The maximum Gasteiger partial charge on any atom is 0.273 e. The number of rotatable bonds is 3. The number of hydrogen-bond acceptors (Lipinski definition) is 4. The quantitative estimate of drug-likeness (QED) is 0.580. The van der Waals surface area contributed by atoms with Gasteiger partial charge >= 0.3 is 0 Å². The Bertz CT molecular complexity index is 1130. The second kappa shape index (κ2) is 6.16. The molecule has 4 aromatic rings. The van der Waals surface area contributed by atoms with Gasteiger partial charge in [-0.15, -0.1) is 0 Å². The lowest BCUT2D eigenvalue weighted by atomic mass is 10.2. The Labute approximate surface area is 143 Å². The lowest BCUT2D eigenvalue weighted by Gasteiger charge is -2.05. The fourth-order valence-corrected chi connectivity index (χ4v) is 2.64. The summed E-state index contributed by atoms with van der Waals surface area (Å²) in [4.78, 5) is 25.6. The van der Waals surface area contributed by atoms with Gasteiger partial charge in [0, 0.05) is 30.2 Å². The molecule has 0 saturated heterocycles. The second-order valence-electron chi connectivity index (χ2n) is 5.60. The summed E-state index contributed by atoms with van der Waals surface area (Å²) < 4.78 is 3.24. The topological polar surface area (TPSA) is 65.1 Å². The predicted octanol–water partition coefficient (Wildman–Crippen LogP) is 2.75. The smallest absolute Gasteiger partial charge is 0.267 e. The van der Waals surface area contributed by atoms with Crippen molar-refractivity contribution in [1.82, 2.24) is 24.1 Å². The van der Waals surface area contributed by atoms with Gasteiger partial charge in [-0.25, -0.2) is 4.98 Å². The molecule has 0 aliphatic carbocycles. The fraction of sp³-hybridized carbons (Fsp3) is 0.0526. The average Bonchev–Trinajstić information content (AvgIpc) is 3.05. The van der Waals surface area contributed by atoms with Crippen molar-refractivity contribution < 1.29 is 0 Å². The Kier molecular flexibility index (Phi) is 3.70. The standard InChI is InChI=1S/C19H15N5O/c1-14-4-2-5-15(21-14)7-8-16-12-19(25)24-18(22-16)9-11-23(24)17-6-3-10-20-13-17/h2-13H,1H3. The molecule has 0 radical (unpaired) electrons. The summed E-state index contributed by atoms with van der Waals surface area (Å²) in [6.45, 7) is 1.94. The molecule has 0 unspecified atom stereocenters. The van der Waals surface area contributed by atoms with Crippen LogP contribution in [0, 0.1) is 6.92 Å². The van der Waals surface area contributed by atoms with E-state index >= 15 is 0 Å². The van der Waals surface area contributed by atoms with Gasteiger partial charge in [0.05, 0.1) is 23.3 Å². The molecule has 0 fully saturated rings. The molecule has 4 aromatic heterocycles. The maximum atomic E-state index is 12.6. The highest BCUT2D eigenvalue weighted by Gasteiger charge is 2.07. The molecule has 4 rings (SSSR count). The van der Waals surface area contributed by atoms with E-state index in [-0.39, 0.29) is 5.56 Å². The second-order valence-corrected chi connectivity index (χ2v) is 5.60. The Morgan fingerprint density at radius 3 is 2.68 bits per heavy atom. The minimum atomic E-state index is -0.157. The van der Waals surface area contributed by atoms with E-state index in [1.165, 1.54) is 10.6 Å². The summed E-state index contributed by atoms with van der Waals surface area (Å²) in [6, 6.07) is 12.8. The van der Waals surface area contributed by atoms with Crippen LogP contribution in [0.25, 0.3) is 23.5 Å². The van der Waals surface area contributed by atoms with Crippen molar-refractivity contribution in [2.75, 3.05) is 0 Å². The molecular formula is C19H15N5O. The first kappa shape index (κ1) is 15.0. The Morgan fingerprint density at radius 1 is 1.00 bits per heavy atom. The summed E-state index contributed by atoms with van der Waals surface area (Å²) in [7, 11) is 0. The van der Waals surface area contributed by atoms with Crippen molar-refractivity contribution in [3.8, 4) is 5.69 Å². The molecular weight excluding hydrogens is 314 g/mol. The summed E-state index contributed by atoms with van der Waals surface area (Å²) in [5, 5.41) is 0. The third-order valence-electron chi connectivity index (χ3n) is 3.77. The monoisotopic (exact) mass is 329 g/mol. The number of nitrogens with zero attached hydrogens (tertiary/aromatic N) is 5. The lowest BCUT2D eigenvalue weighted by Crippen LogP contribution is -2.20. The summed E-state index contributed by atoms with van der Waals surface area (Å²) >= 11 is 0. The van der Waals surface area contributed by atoms with E-state index in [0.29, 0.717) is 11.3 Å². The molecule has 0 aliphatic heterocycles. The third kappa shape index (κ3) is 2.97. The van der Waals surface area contributed by atoms with Gasteiger partial charge in [-0.2, -0.15) is 4.52 Å². The highest BCUT2D eigenvalue weighted by molar-refractivity contribution is 5.67. The molecule has 0 amide bonds. The molecule has 0 spiro atoms. The third-order valence-corrected chi connectivity index (χ3v) is 3.77. The van der Waals surface area contributed by atoms with Gasteiger partial charge in [0.25, 0.3) is 5.56 Å². The molecule has 0 atom stereocenters. The van der Waals surface area contributed by atoms with E-state index in [4.69, 9.17) is 0 Å². The molecule has 0 saturated carbocycles. The van der Waals surface area contributed by atoms with Gasteiger partial charge in [-0.1, -0.05) is 6.07 Å². The number of aryl methyl sites for hydroxylation is 1. The van der Waals surface area contributed by atoms with Crippen LogP contribution < -0.4 is 5.56 Å². The van der Waals surface area contributed by atoms with Crippen molar-refractivity contribution >= 4 is 17.8 Å². The summed E-state index contributed by atoms with van der Waals surface area (Å²) in [6.07, 6.45) is 8.84. The minimum Gasteiger partial charge on any atom is -0.267 e. The fourth-order valence-electron chi connectivity index (χ4n) is 2.64. The van der Waals surface area contributed by atoms with Gasteiger partial charge in [0.15, 0.2) is 5.65 Å². The van der Waals surface area contributed by atoms with Crippen LogP contribution in [-0.2, 0) is 0 Å². The summed E-state index contributed by atoms with van der Waals surface area (Å²) in [5.41, 5.74) is 3.59. The normalized spacial score (nSPS) is 11.4. The van der Waals surface area contributed by atoms with Crippen molar-refractivity contribution in [3.05, 3.63) is 88.5 Å². The Morgan fingerprint density at radius 2 is 1.88 bits per heavy atom. The van der Waals surface area contributed by atoms with Gasteiger partial charge in [0.1, 0.15) is 0 Å². The van der Waals surface area contributed by atoms with E-state index in [1.54, 1.807) is 35.4 Å². The Hall–Kier alpha value is -3.54. The molecule has 6 heteroatoms. The first-order chi connectivity index (χ1) is 12.2. The zero-order chi connectivity index (χ0) is 17.2. The van der Waals surface area contributed by atoms with Gasteiger partial charge in [-0.3, -0.25) is 19.4 Å². The van der Waals surface area contributed by atoms with E-state index in [2.05, 4.69) is 15.0 Å². The predicted molar refractivity (Wildman–Crippen MR) is 96.5 cm³/mol. The van der Waals surface area contributed by atoms with Crippen molar-refractivity contribution in [3.63, 3.8) is 0 Å².